The standard InChI is InChI=1S/C64H121NO13/c1-3-5-7-9-11-13-15-17-19-21-22-23-24-25-26-27-28-29-30-31-32-33-35-37-39-41-43-45-47-53(68)52(65-56(69)48-46-44-42-40-38-36-34-20-18-16-14-12-10-8-6-4-2)51-75-63-61(74)59(72)62(55(50-67)77-63)78-64-60(73)58(71)57(70)54(49-66)76-64/h37,39,45,47,52-55,57-64,66-68,70-74H,3-36,38,40-44,46,48-51H2,1-2H3,(H,65,69)/b39-37+,47-45+. The van der Waals surface area contributed by atoms with E-state index in [-0.39, 0.29) is 18.9 Å². The van der Waals surface area contributed by atoms with E-state index < -0.39 is 86.8 Å². The number of aliphatic hydroxyl groups is 8. The maximum Gasteiger partial charge on any atom is 0.220 e. The van der Waals surface area contributed by atoms with Crippen molar-refractivity contribution >= 4 is 5.91 Å². The summed E-state index contributed by atoms with van der Waals surface area (Å²) in [5.41, 5.74) is 0. The molecule has 0 bridgehead atoms. The predicted molar refractivity (Wildman–Crippen MR) is 314 cm³/mol. The van der Waals surface area contributed by atoms with E-state index in [1.54, 1.807) is 6.08 Å². The highest BCUT2D eigenvalue weighted by atomic mass is 16.7. The molecular formula is C64H121NO13. The first-order valence-electron chi connectivity index (χ1n) is 32.6. The number of nitrogens with one attached hydrogen (secondary N) is 1. The van der Waals surface area contributed by atoms with Crippen LogP contribution in [0.1, 0.15) is 284 Å². The van der Waals surface area contributed by atoms with Crippen molar-refractivity contribution in [2.75, 3.05) is 19.8 Å². The Morgan fingerprint density at radius 2 is 0.821 bits per heavy atom. The highest BCUT2D eigenvalue weighted by Gasteiger charge is 2.51. The fourth-order valence-electron chi connectivity index (χ4n) is 10.9. The first-order chi connectivity index (χ1) is 38.1. The van der Waals surface area contributed by atoms with Gasteiger partial charge in [-0.1, -0.05) is 269 Å². The van der Waals surface area contributed by atoms with Gasteiger partial charge in [-0.05, 0) is 32.1 Å². The van der Waals surface area contributed by atoms with Gasteiger partial charge in [-0.3, -0.25) is 4.79 Å². The van der Waals surface area contributed by atoms with Crippen LogP contribution in [-0.2, 0) is 23.7 Å². The van der Waals surface area contributed by atoms with E-state index in [2.05, 4.69) is 31.3 Å². The minimum atomic E-state index is -1.79. The average molecular weight is 1110 g/mol. The van der Waals surface area contributed by atoms with Crippen molar-refractivity contribution in [3.8, 4) is 0 Å². The number of amides is 1. The SMILES string of the molecule is CCCCCCCCCCCCCCCCCCCCCCCC/C=C/CC/C=C/C(O)C(COC1OC(CO)C(OC2OC(CO)C(O)C(O)C2O)C(O)C1O)NC(=O)CCCCCCCCCCCCCCCCCC. The average Bonchev–Trinajstić information content (AvgIpc) is 3.45. The highest BCUT2D eigenvalue weighted by molar-refractivity contribution is 5.76. The van der Waals surface area contributed by atoms with Crippen LogP contribution in [0.3, 0.4) is 0 Å². The molecule has 0 saturated carbocycles. The van der Waals surface area contributed by atoms with Crippen molar-refractivity contribution in [3.05, 3.63) is 24.3 Å². The molecular weight excluding hydrogens is 991 g/mol. The summed E-state index contributed by atoms with van der Waals surface area (Å²) >= 11 is 0. The fourth-order valence-corrected chi connectivity index (χ4v) is 10.9. The first kappa shape index (κ1) is 72.6. The Balaban J connectivity index is 1.71. The topological polar surface area (TPSA) is 228 Å². The van der Waals surface area contributed by atoms with Gasteiger partial charge in [0.15, 0.2) is 12.6 Å². The lowest BCUT2D eigenvalue weighted by Crippen LogP contribution is -2.65. The normalized spacial score (nSPS) is 24.6. The zero-order chi connectivity index (χ0) is 56.7. The van der Waals surface area contributed by atoms with Gasteiger partial charge in [0, 0.05) is 6.42 Å². The lowest BCUT2D eigenvalue weighted by Gasteiger charge is -2.46. The number of hydrogen-bond donors (Lipinski definition) is 9. The zero-order valence-corrected chi connectivity index (χ0v) is 49.7. The summed E-state index contributed by atoms with van der Waals surface area (Å²) in [4.78, 5) is 13.3. The van der Waals surface area contributed by atoms with Crippen LogP contribution >= 0.6 is 0 Å². The van der Waals surface area contributed by atoms with Crippen molar-refractivity contribution in [1.29, 1.82) is 0 Å². The number of unbranched alkanes of at least 4 members (excludes halogenated alkanes) is 38. The van der Waals surface area contributed by atoms with Gasteiger partial charge in [-0.15, -0.1) is 0 Å². The van der Waals surface area contributed by atoms with Gasteiger partial charge < -0.3 is 65.1 Å². The third-order valence-corrected chi connectivity index (χ3v) is 16.1. The second-order valence-corrected chi connectivity index (χ2v) is 23.2. The van der Waals surface area contributed by atoms with Crippen LogP contribution in [0.5, 0.6) is 0 Å². The molecule has 0 radical (unpaired) electrons. The first-order valence-corrected chi connectivity index (χ1v) is 32.6. The summed E-state index contributed by atoms with van der Waals surface area (Å²) in [6, 6.07) is -0.928. The molecule has 0 aromatic carbocycles. The molecule has 2 aliphatic heterocycles. The second kappa shape index (κ2) is 50.0. The van der Waals surface area contributed by atoms with Crippen LogP contribution in [0.4, 0.5) is 0 Å². The number of hydrogen-bond acceptors (Lipinski definition) is 13. The second-order valence-electron chi connectivity index (χ2n) is 23.2. The van der Waals surface area contributed by atoms with Gasteiger partial charge in [-0.2, -0.15) is 0 Å². The minimum Gasteiger partial charge on any atom is -0.394 e. The quantitative estimate of drug-likeness (QED) is 0.0204. The van der Waals surface area contributed by atoms with E-state index in [0.29, 0.717) is 12.8 Å². The molecule has 9 N–H and O–H groups in total. The zero-order valence-electron chi connectivity index (χ0n) is 49.7. The Labute approximate surface area is 475 Å². The maximum atomic E-state index is 13.3. The van der Waals surface area contributed by atoms with Crippen molar-refractivity contribution in [2.24, 2.45) is 0 Å². The van der Waals surface area contributed by atoms with Gasteiger partial charge in [0.25, 0.3) is 0 Å². The summed E-state index contributed by atoms with van der Waals surface area (Å²) in [7, 11) is 0. The molecule has 2 heterocycles. The van der Waals surface area contributed by atoms with Crippen molar-refractivity contribution < 1.29 is 64.6 Å². The molecule has 14 nitrogen and oxygen atoms in total. The van der Waals surface area contributed by atoms with Crippen molar-refractivity contribution in [2.45, 2.75) is 357 Å². The number of carbonyl (C=O) groups excluding carboxylic acids is 1. The van der Waals surface area contributed by atoms with E-state index in [1.165, 1.54) is 218 Å². The van der Waals surface area contributed by atoms with Crippen LogP contribution in [0.15, 0.2) is 24.3 Å². The molecule has 0 aliphatic carbocycles. The lowest BCUT2D eigenvalue weighted by molar-refractivity contribution is -0.359. The number of carbonyl (C=O) groups is 1. The third kappa shape index (κ3) is 34.8. The molecule has 2 saturated heterocycles. The Morgan fingerprint density at radius 1 is 0.449 bits per heavy atom. The minimum absolute atomic E-state index is 0.244. The summed E-state index contributed by atoms with van der Waals surface area (Å²) in [5.74, 6) is -0.244. The third-order valence-electron chi connectivity index (χ3n) is 16.1. The van der Waals surface area contributed by atoms with Gasteiger partial charge in [0.2, 0.25) is 5.91 Å². The number of rotatable bonds is 53. The number of allylic oxidation sites excluding steroid dienone is 3. The molecule has 78 heavy (non-hydrogen) atoms. The number of aliphatic hydroxyl groups excluding tert-OH is 8. The van der Waals surface area contributed by atoms with E-state index in [4.69, 9.17) is 18.9 Å². The molecule has 14 heteroatoms. The summed E-state index contributed by atoms with van der Waals surface area (Å²) < 4.78 is 22.8. The van der Waals surface area contributed by atoms with Crippen LogP contribution < -0.4 is 5.32 Å². The monoisotopic (exact) mass is 1110 g/mol. The fraction of sp³-hybridized carbons (Fsp3) is 0.922. The Hall–Kier alpha value is -1.53. The van der Waals surface area contributed by atoms with E-state index in [1.807, 2.05) is 6.08 Å². The molecule has 12 atom stereocenters. The molecule has 0 aromatic heterocycles. The molecule has 2 aliphatic rings. The molecule has 2 rings (SSSR count). The number of ether oxygens (including phenoxy) is 4. The molecule has 1 amide bonds. The Morgan fingerprint density at radius 3 is 1.26 bits per heavy atom. The Kier molecular flexibility index (Phi) is 46.5. The van der Waals surface area contributed by atoms with Gasteiger partial charge in [0.1, 0.15) is 48.8 Å². The molecule has 2 fully saturated rings. The Bertz CT molecular complexity index is 1400. The summed E-state index contributed by atoms with van der Waals surface area (Å²) in [6.07, 6.45) is 43.8. The van der Waals surface area contributed by atoms with Crippen LogP contribution in [0.2, 0.25) is 0 Å². The maximum absolute atomic E-state index is 13.3. The molecule has 460 valence electrons. The summed E-state index contributed by atoms with van der Waals surface area (Å²) in [6.45, 7) is 2.82. The highest BCUT2D eigenvalue weighted by Crippen LogP contribution is 2.30. The van der Waals surface area contributed by atoms with Gasteiger partial charge in [-0.25, -0.2) is 0 Å². The van der Waals surface area contributed by atoms with Crippen molar-refractivity contribution in [1.82, 2.24) is 5.32 Å². The van der Waals surface area contributed by atoms with Crippen molar-refractivity contribution in [3.63, 3.8) is 0 Å². The van der Waals surface area contributed by atoms with Gasteiger partial charge in [0.05, 0.1) is 32.0 Å². The largest absolute Gasteiger partial charge is 0.394 e. The predicted octanol–water partition coefficient (Wildman–Crippen LogP) is 12.0. The lowest BCUT2D eigenvalue weighted by atomic mass is 9.97. The van der Waals surface area contributed by atoms with E-state index >= 15 is 0 Å². The van der Waals surface area contributed by atoms with Crippen LogP contribution in [0.25, 0.3) is 0 Å². The van der Waals surface area contributed by atoms with E-state index in [0.717, 1.165) is 32.1 Å². The molecule has 0 aromatic rings. The van der Waals surface area contributed by atoms with Crippen LogP contribution in [0, 0.1) is 0 Å². The van der Waals surface area contributed by atoms with Crippen LogP contribution in [-0.4, -0.2) is 140 Å². The van der Waals surface area contributed by atoms with Gasteiger partial charge >= 0.3 is 0 Å². The van der Waals surface area contributed by atoms with E-state index in [9.17, 15) is 45.6 Å². The molecule has 0 spiro atoms. The molecule has 12 unspecified atom stereocenters. The summed E-state index contributed by atoms with van der Waals surface area (Å²) in [5, 5.41) is 87.2. The smallest absolute Gasteiger partial charge is 0.220 e.